The van der Waals surface area contributed by atoms with Crippen molar-refractivity contribution in [3.05, 3.63) is 48.0 Å². The number of amides is 2. The van der Waals surface area contributed by atoms with Crippen LogP contribution in [-0.4, -0.2) is 71.7 Å². The maximum Gasteiger partial charge on any atom is 0.247 e. The van der Waals surface area contributed by atoms with Gasteiger partial charge >= 0.3 is 0 Å². The van der Waals surface area contributed by atoms with Gasteiger partial charge in [-0.3, -0.25) is 9.59 Å². The van der Waals surface area contributed by atoms with Gasteiger partial charge in [-0.1, -0.05) is 36.6 Å². The fraction of sp³-hybridized carbons (Fsp3) is 0.517. The van der Waals surface area contributed by atoms with Crippen molar-refractivity contribution in [1.29, 1.82) is 0 Å². The van der Waals surface area contributed by atoms with Crippen LogP contribution in [0.25, 0.3) is 11.0 Å². The van der Waals surface area contributed by atoms with E-state index in [9.17, 15) is 9.59 Å². The summed E-state index contributed by atoms with van der Waals surface area (Å²) >= 11 is 0. The number of carbonyl (C=O) groups is 2. The summed E-state index contributed by atoms with van der Waals surface area (Å²) in [6.45, 7) is 3.23. The van der Waals surface area contributed by atoms with E-state index < -0.39 is 6.04 Å². The summed E-state index contributed by atoms with van der Waals surface area (Å²) in [6.07, 6.45) is 5.75. The number of hydrogen-bond donors (Lipinski definition) is 1. The van der Waals surface area contributed by atoms with Crippen molar-refractivity contribution in [3.63, 3.8) is 0 Å². The summed E-state index contributed by atoms with van der Waals surface area (Å²) < 4.78 is 18.3. The van der Waals surface area contributed by atoms with Gasteiger partial charge in [-0.2, -0.15) is 0 Å². The number of ether oxygens (including phenoxy) is 3. The molecule has 10 heteroatoms. The minimum Gasteiger partial charge on any atom is -0.497 e. The minimum absolute atomic E-state index is 0.0609. The lowest BCUT2D eigenvalue weighted by Crippen LogP contribution is -2.48. The van der Waals surface area contributed by atoms with Crippen molar-refractivity contribution in [2.75, 3.05) is 34.0 Å². The normalized spacial score (nSPS) is 14.6. The van der Waals surface area contributed by atoms with Crippen molar-refractivity contribution in [2.24, 2.45) is 0 Å². The summed E-state index contributed by atoms with van der Waals surface area (Å²) in [5, 5.41) is 11.6. The van der Waals surface area contributed by atoms with Gasteiger partial charge in [0.15, 0.2) is 0 Å². The second-order valence-corrected chi connectivity index (χ2v) is 9.73. The van der Waals surface area contributed by atoms with Gasteiger partial charge in [0.2, 0.25) is 11.8 Å². The molecule has 39 heavy (non-hydrogen) atoms. The number of benzene rings is 2. The molecular formula is C29H39N5O5. The zero-order valence-electron chi connectivity index (χ0n) is 23.1. The number of hydrogen-bond acceptors (Lipinski definition) is 7. The first-order valence-corrected chi connectivity index (χ1v) is 13.7. The molecule has 0 bridgehead atoms. The summed E-state index contributed by atoms with van der Waals surface area (Å²) in [4.78, 5) is 29.7. The Morgan fingerprint density at radius 3 is 2.64 bits per heavy atom. The molecule has 1 atom stereocenters. The zero-order valence-corrected chi connectivity index (χ0v) is 23.1. The number of para-hydroxylation sites is 1. The third kappa shape index (κ3) is 7.06. The van der Waals surface area contributed by atoms with E-state index in [2.05, 4.69) is 15.6 Å². The van der Waals surface area contributed by atoms with E-state index in [1.807, 2.05) is 31.2 Å². The summed E-state index contributed by atoms with van der Waals surface area (Å²) in [7, 11) is 3.13. The lowest BCUT2D eigenvalue weighted by Gasteiger charge is -2.34. The average Bonchev–Trinajstić information content (AvgIpc) is 3.37. The van der Waals surface area contributed by atoms with Crippen molar-refractivity contribution < 1.29 is 23.8 Å². The summed E-state index contributed by atoms with van der Waals surface area (Å²) in [5.74, 6) is 0.594. The topological polar surface area (TPSA) is 108 Å². The molecule has 0 saturated heterocycles. The highest BCUT2D eigenvalue weighted by Gasteiger charge is 2.35. The van der Waals surface area contributed by atoms with Gasteiger partial charge in [-0.15, -0.1) is 5.10 Å². The molecule has 1 fully saturated rings. The van der Waals surface area contributed by atoms with Crippen LogP contribution >= 0.6 is 0 Å². The van der Waals surface area contributed by atoms with E-state index in [0.717, 1.165) is 31.2 Å². The van der Waals surface area contributed by atoms with Crippen LogP contribution < -0.4 is 14.8 Å². The number of rotatable bonds is 13. The van der Waals surface area contributed by atoms with Crippen LogP contribution in [-0.2, 0) is 20.9 Å². The van der Waals surface area contributed by atoms with Crippen LogP contribution in [0.3, 0.4) is 0 Å². The Hall–Kier alpha value is -3.66. The lowest BCUT2D eigenvalue weighted by molar-refractivity contribution is -0.142. The molecule has 1 aromatic heterocycles. The predicted molar refractivity (Wildman–Crippen MR) is 148 cm³/mol. The molecule has 1 N–H and O–H groups in total. The number of methoxy groups -OCH3 is 2. The maximum absolute atomic E-state index is 14.1. The van der Waals surface area contributed by atoms with E-state index in [4.69, 9.17) is 14.2 Å². The Morgan fingerprint density at radius 2 is 1.90 bits per heavy atom. The quantitative estimate of drug-likeness (QED) is 0.330. The molecular weight excluding hydrogens is 498 g/mol. The zero-order chi connectivity index (χ0) is 27.6. The fourth-order valence-corrected chi connectivity index (χ4v) is 5.16. The molecule has 3 aromatic rings. The van der Waals surface area contributed by atoms with Crippen molar-refractivity contribution in [3.8, 4) is 11.5 Å². The van der Waals surface area contributed by atoms with Gasteiger partial charge in [-0.05, 0) is 56.5 Å². The second kappa shape index (κ2) is 13.9. The molecule has 1 aliphatic carbocycles. The van der Waals surface area contributed by atoms with Crippen LogP contribution in [0.4, 0.5) is 0 Å². The van der Waals surface area contributed by atoms with E-state index >= 15 is 0 Å². The highest BCUT2D eigenvalue weighted by molar-refractivity contribution is 5.90. The SMILES string of the molecule is CCOCCCN(C(=O)Cn1nnc2ccccc21)C(C(=O)NC1CCCCC1)c1cc(OC)ccc1OC. The third-order valence-electron chi connectivity index (χ3n) is 7.16. The van der Waals surface area contributed by atoms with Gasteiger partial charge in [0, 0.05) is 31.4 Å². The Balaban J connectivity index is 1.72. The highest BCUT2D eigenvalue weighted by atomic mass is 16.5. The highest BCUT2D eigenvalue weighted by Crippen LogP contribution is 2.34. The van der Waals surface area contributed by atoms with Crippen LogP contribution in [0.15, 0.2) is 42.5 Å². The molecule has 1 aliphatic rings. The molecule has 4 rings (SSSR count). The monoisotopic (exact) mass is 537 g/mol. The van der Waals surface area contributed by atoms with Crippen LogP contribution in [0.2, 0.25) is 0 Å². The first-order chi connectivity index (χ1) is 19.0. The predicted octanol–water partition coefficient (Wildman–Crippen LogP) is 3.89. The molecule has 0 spiro atoms. The molecule has 1 saturated carbocycles. The van der Waals surface area contributed by atoms with E-state index in [0.29, 0.717) is 48.8 Å². The number of aromatic nitrogens is 3. The first-order valence-electron chi connectivity index (χ1n) is 13.7. The molecule has 0 radical (unpaired) electrons. The lowest BCUT2D eigenvalue weighted by atomic mass is 9.94. The van der Waals surface area contributed by atoms with Gasteiger partial charge < -0.3 is 24.4 Å². The Labute approximate surface area is 229 Å². The van der Waals surface area contributed by atoms with Gasteiger partial charge in [0.25, 0.3) is 0 Å². The molecule has 2 aromatic carbocycles. The van der Waals surface area contributed by atoms with E-state index in [1.54, 1.807) is 42.0 Å². The van der Waals surface area contributed by atoms with E-state index in [-0.39, 0.29) is 24.4 Å². The van der Waals surface area contributed by atoms with Gasteiger partial charge in [0.05, 0.1) is 19.7 Å². The summed E-state index contributed by atoms with van der Waals surface area (Å²) in [6, 6.07) is 12.0. The van der Waals surface area contributed by atoms with E-state index in [1.165, 1.54) is 6.42 Å². The molecule has 0 aliphatic heterocycles. The van der Waals surface area contributed by atoms with Crippen molar-refractivity contribution in [1.82, 2.24) is 25.2 Å². The third-order valence-corrected chi connectivity index (χ3v) is 7.16. The number of carbonyl (C=O) groups excluding carboxylic acids is 2. The van der Waals surface area contributed by atoms with Crippen LogP contribution in [0.5, 0.6) is 11.5 Å². The Kier molecular flexibility index (Phi) is 10.1. The molecule has 10 nitrogen and oxygen atoms in total. The second-order valence-electron chi connectivity index (χ2n) is 9.73. The van der Waals surface area contributed by atoms with Crippen molar-refractivity contribution >= 4 is 22.8 Å². The van der Waals surface area contributed by atoms with Crippen LogP contribution in [0, 0.1) is 0 Å². The Bertz CT molecular complexity index is 1240. The van der Waals surface area contributed by atoms with Crippen LogP contribution in [0.1, 0.15) is 57.1 Å². The first kappa shape index (κ1) is 28.4. The number of nitrogens with one attached hydrogen (secondary N) is 1. The standard InChI is InChI=1S/C29H39N5O5/c1-4-39-18-10-17-33(27(35)20-34-25-14-9-8-13-24(25)31-32-34)28(29(36)30-21-11-6-5-7-12-21)23-19-22(37-2)15-16-26(23)38-3/h8-9,13-16,19,21,28H,4-7,10-12,17-18,20H2,1-3H3,(H,30,36). The maximum atomic E-state index is 14.1. The molecule has 1 heterocycles. The Morgan fingerprint density at radius 1 is 1.10 bits per heavy atom. The number of fused-ring (bicyclic) bond motifs is 1. The van der Waals surface area contributed by atoms with Gasteiger partial charge in [0.1, 0.15) is 29.6 Å². The fourth-order valence-electron chi connectivity index (χ4n) is 5.16. The molecule has 2 amide bonds. The largest absolute Gasteiger partial charge is 0.497 e. The minimum atomic E-state index is -0.930. The van der Waals surface area contributed by atoms with Crippen molar-refractivity contribution in [2.45, 2.75) is 64.1 Å². The number of nitrogens with zero attached hydrogens (tertiary/aromatic N) is 4. The molecule has 210 valence electrons. The molecule has 1 unspecified atom stereocenters. The average molecular weight is 538 g/mol. The van der Waals surface area contributed by atoms with Gasteiger partial charge in [-0.25, -0.2) is 4.68 Å². The summed E-state index contributed by atoms with van der Waals surface area (Å²) in [5.41, 5.74) is 2.02. The smallest absolute Gasteiger partial charge is 0.247 e.